The van der Waals surface area contributed by atoms with E-state index in [9.17, 15) is 14.0 Å². The fourth-order valence-corrected chi connectivity index (χ4v) is 5.74. The number of amides is 2. The minimum absolute atomic E-state index is 0.100. The fourth-order valence-electron chi connectivity index (χ4n) is 4.84. The van der Waals surface area contributed by atoms with Gasteiger partial charge in [0.1, 0.15) is 11.9 Å². The van der Waals surface area contributed by atoms with Crippen LogP contribution in [-0.2, 0) is 28.3 Å². The summed E-state index contributed by atoms with van der Waals surface area (Å²) < 4.78 is 14.1. The zero-order chi connectivity index (χ0) is 26.0. The van der Waals surface area contributed by atoms with Crippen LogP contribution in [0.4, 0.5) is 4.39 Å². The summed E-state index contributed by atoms with van der Waals surface area (Å²) in [6.07, 6.45) is 4.64. The number of nitrogens with one attached hydrogen (secondary N) is 1. The van der Waals surface area contributed by atoms with Crippen LogP contribution in [0.2, 0.25) is 0 Å². The molecule has 2 amide bonds. The maximum atomic E-state index is 14.1. The zero-order valence-corrected chi connectivity index (χ0v) is 22.2. The summed E-state index contributed by atoms with van der Waals surface area (Å²) in [5.74, 6) is 0.0807. The van der Waals surface area contributed by atoms with E-state index in [1.807, 2.05) is 61.5 Å². The lowest BCUT2D eigenvalue weighted by Gasteiger charge is -2.32. The Morgan fingerprint density at radius 3 is 2.30 bits per heavy atom. The van der Waals surface area contributed by atoms with Gasteiger partial charge in [-0.3, -0.25) is 9.59 Å². The molecule has 1 aliphatic carbocycles. The lowest BCUT2D eigenvalue weighted by Crippen LogP contribution is -2.52. The van der Waals surface area contributed by atoms with Crippen molar-refractivity contribution in [2.45, 2.75) is 63.4 Å². The molecule has 1 N–H and O–H groups in total. The molecule has 6 heteroatoms. The van der Waals surface area contributed by atoms with E-state index in [1.54, 1.807) is 23.1 Å². The molecule has 1 atom stereocenters. The molecule has 1 saturated carbocycles. The van der Waals surface area contributed by atoms with Gasteiger partial charge in [0.05, 0.1) is 5.75 Å². The Kier molecular flexibility index (Phi) is 9.78. The van der Waals surface area contributed by atoms with Gasteiger partial charge in [-0.25, -0.2) is 4.39 Å². The van der Waals surface area contributed by atoms with Crippen molar-refractivity contribution in [3.05, 3.63) is 107 Å². The number of hydrogen-bond donors (Lipinski definition) is 1. The number of aryl methyl sites for hydroxylation is 1. The molecule has 4 rings (SSSR count). The average Bonchev–Trinajstić information content (AvgIpc) is 3.42. The number of hydrogen-bond acceptors (Lipinski definition) is 3. The van der Waals surface area contributed by atoms with Gasteiger partial charge < -0.3 is 10.2 Å². The Balaban J connectivity index is 1.58. The molecule has 3 aromatic carbocycles. The minimum Gasteiger partial charge on any atom is -0.352 e. The van der Waals surface area contributed by atoms with Crippen LogP contribution >= 0.6 is 11.8 Å². The van der Waals surface area contributed by atoms with Gasteiger partial charge in [0.2, 0.25) is 11.8 Å². The molecule has 0 spiro atoms. The van der Waals surface area contributed by atoms with Crippen molar-refractivity contribution in [2.24, 2.45) is 0 Å². The molecule has 0 unspecified atom stereocenters. The van der Waals surface area contributed by atoms with Gasteiger partial charge in [0, 0.05) is 24.8 Å². The summed E-state index contributed by atoms with van der Waals surface area (Å²) >= 11 is 1.38. The first-order valence-corrected chi connectivity index (χ1v) is 14.2. The monoisotopic (exact) mass is 518 g/mol. The van der Waals surface area contributed by atoms with Crippen LogP contribution in [0, 0.1) is 12.7 Å². The van der Waals surface area contributed by atoms with E-state index < -0.39 is 6.04 Å². The first-order valence-electron chi connectivity index (χ1n) is 13.0. The Morgan fingerprint density at radius 1 is 0.946 bits per heavy atom. The van der Waals surface area contributed by atoms with Crippen LogP contribution < -0.4 is 5.32 Å². The van der Waals surface area contributed by atoms with Crippen molar-refractivity contribution in [1.82, 2.24) is 10.2 Å². The SMILES string of the molecule is Cc1ccccc1CN(C(=O)CSCc1ccccc1F)[C@@H](Cc1ccccc1)C(=O)NC1CCCC1. The first kappa shape index (κ1) is 26.9. The standard InChI is InChI=1S/C31H35FN2O2S/c1-23-11-5-6-14-25(23)20-34(30(35)22-37-21-26-15-7-10-18-28(26)32)29(19-24-12-3-2-4-13-24)31(36)33-27-16-8-9-17-27/h2-7,10-15,18,27,29H,8-9,16-17,19-22H2,1H3,(H,33,36)/t29-/m0/s1. The average molecular weight is 519 g/mol. The second kappa shape index (κ2) is 13.4. The van der Waals surface area contributed by atoms with Gasteiger partial charge in [-0.2, -0.15) is 0 Å². The molecule has 1 aliphatic rings. The zero-order valence-electron chi connectivity index (χ0n) is 21.4. The quantitative estimate of drug-likeness (QED) is 0.335. The molecule has 0 bridgehead atoms. The third kappa shape index (κ3) is 7.68. The Labute approximate surface area is 223 Å². The summed E-state index contributed by atoms with van der Waals surface area (Å²) in [6, 6.07) is 24.0. The highest BCUT2D eigenvalue weighted by atomic mass is 32.2. The van der Waals surface area contributed by atoms with Gasteiger partial charge in [0.15, 0.2) is 0 Å². The van der Waals surface area contributed by atoms with E-state index >= 15 is 0 Å². The molecule has 0 aromatic heterocycles. The van der Waals surface area contributed by atoms with Crippen molar-refractivity contribution >= 4 is 23.6 Å². The molecule has 4 nitrogen and oxygen atoms in total. The Morgan fingerprint density at radius 2 is 1.59 bits per heavy atom. The molecule has 0 heterocycles. The Bertz CT molecular complexity index is 1180. The first-order chi connectivity index (χ1) is 18.0. The van der Waals surface area contributed by atoms with E-state index in [0.717, 1.165) is 42.4 Å². The molecular formula is C31H35FN2O2S. The number of nitrogens with zero attached hydrogens (tertiary/aromatic N) is 1. The number of thioether (sulfide) groups is 1. The number of carbonyl (C=O) groups excluding carboxylic acids is 2. The molecule has 1 fully saturated rings. The van der Waals surface area contributed by atoms with Crippen LogP contribution in [0.1, 0.15) is 47.9 Å². The van der Waals surface area contributed by atoms with Crippen molar-refractivity contribution < 1.29 is 14.0 Å². The van der Waals surface area contributed by atoms with Crippen LogP contribution in [0.25, 0.3) is 0 Å². The highest BCUT2D eigenvalue weighted by Crippen LogP contribution is 2.22. The maximum absolute atomic E-state index is 14.1. The van der Waals surface area contributed by atoms with Gasteiger partial charge >= 0.3 is 0 Å². The van der Waals surface area contributed by atoms with Crippen LogP contribution in [0.15, 0.2) is 78.9 Å². The smallest absolute Gasteiger partial charge is 0.243 e. The van der Waals surface area contributed by atoms with Gasteiger partial charge in [-0.1, -0.05) is 85.6 Å². The second-order valence-electron chi connectivity index (χ2n) is 9.73. The van der Waals surface area contributed by atoms with E-state index in [2.05, 4.69) is 5.32 Å². The van der Waals surface area contributed by atoms with Crippen molar-refractivity contribution in [3.63, 3.8) is 0 Å². The number of halogens is 1. The van der Waals surface area contributed by atoms with E-state index in [1.165, 1.54) is 17.8 Å². The maximum Gasteiger partial charge on any atom is 0.243 e. The highest BCUT2D eigenvalue weighted by Gasteiger charge is 2.32. The largest absolute Gasteiger partial charge is 0.352 e. The number of rotatable bonds is 11. The Hall–Kier alpha value is -3.12. The van der Waals surface area contributed by atoms with Crippen LogP contribution in [0.3, 0.4) is 0 Å². The highest BCUT2D eigenvalue weighted by molar-refractivity contribution is 7.99. The fraction of sp³-hybridized carbons (Fsp3) is 0.355. The van der Waals surface area contributed by atoms with Gasteiger partial charge in [-0.05, 0) is 48.1 Å². The van der Waals surface area contributed by atoms with E-state index in [4.69, 9.17) is 0 Å². The normalized spacial score (nSPS) is 14.3. The van der Waals surface area contributed by atoms with E-state index in [0.29, 0.717) is 24.3 Å². The summed E-state index contributed by atoms with van der Waals surface area (Å²) in [5, 5.41) is 3.24. The second-order valence-corrected chi connectivity index (χ2v) is 10.7. The number of benzene rings is 3. The van der Waals surface area contributed by atoms with Crippen LogP contribution in [0.5, 0.6) is 0 Å². The third-order valence-electron chi connectivity index (χ3n) is 7.02. The van der Waals surface area contributed by atoms with Crippen molar-refractivity contribution in [1.29, 1.82) is 0 Å². The lowest BCUT2D eigenvalue weighted by molar-refractivity contribution is -0.139. The van der Waals surface area contributed by atoms with Gasteiger partial charge in [-0.15, -0.1) is 11.8 Å². The predicted molar refractivity (Wildman–Crippen MR) is 149 cm³/mol. The summed E-state index contributed by atoms with van der Waals surface area (Å²) in [7, 11) is 0. The molecule has 37 heavy (non-hydrogen) atoms. The van der Waals surface area contributed by atoms with Crippen LogP contribution in [-0.4, -0.2) is 34.6 Å². The van der Waals surface area contributed by atoms with E-state index in [-0.39, 0.29) is 29.4 Å². The summed E-state index contributed by atoms with van der Waals surface area (Å²) in [4.78, 5) is 29.2. The molecular weight excluding hydrogens is 483 g/mol. The van der Waals surface area contributed by atoms with Crippen molar-refractivity contribution in [2.75, 3.05) is 5.75 Å². The molecule has 194 valence electrons. The molecule has 0 radical (unpaired) electrons. The number of carbonyl (C=O) groups is 2. The predicted octanol–water partition coefficient (Wildman–Crippen LogP) is 6.07. The minimum atomic E-state index is -0.635. The summed E-state index contributed by atoms with van der Waals surface area (Å²) in [6.45, 7) is 2.37. The van der Waals surface area contributed by atoms with Gasteiger partial charge in [0.25, 0.3) is 0 Å². The molecule has 0 saturated heterocycles. The lowest BCUT2D eigenvalue weighted by atomic mass is 10.0. The summed E-state index contributed by atoms with van der Waals surface area (Å²) in [5.41, 5.74) is 3.68. The third-order valence-corrected chi connectivity index (χ3v) is 7.98. The molecule has 0 aliphatic heterocycles. The topological polar surface area (TPSA) is 49.4 Å². The van der Waals surface area contributed by atoms with Crippen molar-refractivity contribution in [3.8, 4) is 0 Å². The molecule has 3 aromatic rings.